The molecule has 1 heterocycles. The van der Waals surface area contributed by atoms with E-state index in [9.17, 15) is 9.59 Å². The van der Waals surface area contributed by atoms with Gasteiger partial charge in [-0.25, -0.2) is 4.79 Å². The molecule has 0 radical (unpaired) electrons. The molecule has 4 nitrogen and oxygen atoms in total. The Bertz CT molecular complexity index is 585. The van der Waals surface area contributed by atoms with Gasteiger partial charge in [0.05, 0.1) is 11.1 Å². The highest BCUT2D eigenvalue weighted by Gasteiger charge is 2.22. The van der Waals surface area contributed by atoms with Crippen LogP contribution in [0.15, 0.2) is 33.2 Å². The number of hydrogen-bond donors (Lipinski definition) is 0. The summed E-state index contributed by atoms with van der Waals surface area (Å²) < 4.78 is 10.7. The molecule has 2 aromatic rings. The molecule has 0 amide bonds. The Kier molecular flexibility index (Phi) is 3.28. The third-order valence-electron chi connectivity index (χ3n) is 2.18. The fraction of sp³-hybridized carbons (Fsp3) is 0.167. The van der Waals surface area contributed by atoms with Crippen LogP contribution in [-0.2, 0) is 9.53 Å². The average molecular weight is 297 g/mol. The van der Waals surface area contributed by atoms with Gasteiger partial charge in [-0.3, -0.25) is 4.79 Å². The lowest BCUT2D eigenvalue weighted by Crippen LogP contribution is -2.16. The SMILES string of the molecule is CCOC(=O)C(=O)c1cc2cccc(Br)c2o1. The van der Waals surface area contributed by atoms with Gasteiger partial charge in [-0.05, 0) is 35.0 Å². The van der Waals surface area contributed by atoms with Crippen LogP contribution in [0.2, 0.25) is 0 Å². The number of benzene rings is 1. The molecule has 0 spiro atoms. The normalized spacial score (nSPS) is 10.5. The molecule has 0 aliphatic rings. The number of hydrogen-bond acceptors (Lipinski definition) is 4. The molecule has 1 aromatic carbocycles. The second-order valence-electron chi connectivity index (χ2n) is 3.32. The number of para-hydroxylation sites is 1. The van der Waals surface area contributed by atoms with Gasteiger partial charge in [0.1, 0.15) is 5.58 Å². The molecule has 5 heteroatoms. The van der Waals surface area contributed by atoms with Crippen molar-refractivity contribution < 1.29 is 18.7 Å². The van der Waals surface area contributed by atoms with E-state index in [1.807, 2.05) is 6.07 Å². The summed E-state index contributed by atoms with van der Waals surface area (Å²) in [6.45, 7) is 1.80. The second kappa shape index (κ2) is 4.71. The predicted molar refractivity (Wildman–Crippen MR) is 64.9 cm³/mol. The molecule has 2 rings (SSSR count). The first-order chi connectivity index (χ1) is 8.13. The third-order valence-corrected chi connectivity index (χ3v) is 2.81. The third kappa shape index (κ3) is 2.24. The highest BCUT2D eigenvalue weighted by atomic mass is 79.9. The van der Waals surface area contributed by atoms with Crippen molar-refractivity contribution in [3.63, 3.8) is 0 Å². The summed E-state index contributed by atoms with van der Waals surface area (Å²) >= 11 is 3.31. The summed E-state index contributed by atoms with van der Waals surface area (Å²) in [5, 5.41) is 0.757. The van der Waals surface area contributed by atoms with Gasteiger partial charge in [-0.15, -0.1) is 0 Å². The smallest absolute Gasteiger partial charge is 0.383 e. The summed E-state index contributed by atoms with van der Waals surface area (Å²) in [4.78, 5) is 22.9. The van der Waals surface area contributed by atoms with Gasteiger partial charge in [0.25, 0.3) is 0 Å². The number of furan rings is 1. The van der Waals surface area contributed by atoms with E-state index in [1.165, 1.54) is 6.07 Å². The van der Waals surface area contributed by atoms with Crippen LogP contribution in [0.5, 0.6) is 0 Å². The monoisotopic (exact) mass is 296 g/mol. The van der Waals surface area contributed by atoms with Crippen LogP contribution in [0.1, 0.15) is 17.5 Å². The van der Waals surface area contributed by atoms with Gasteiger partial charge >= 0.3 is 11.8 Å². The molecule has 0 aliphatic heterocycles. The van der Waals surface area contributed by atoms with Crippen molar-refractivity contribution in [1.29, 1.82) is 0 Å². The number of Topliss-reactive ketones (excluding diaryl/α,β-unsaturated/α-hetero) is 1. The molecule has 0 atom stereocenters. The number of fused-ring (bicyclic) bond motifs is 1. The summed E-state index contributed by atoms with van der Waals surface area (Å²) in [6, 6.07) is 6.94. The van der Waals surface area contributed by atoms with E-state index in [4.69, 9.17) is 4.42 Å². The molecule has 0 aliphatic carbocycles. The number of ketones is 1. The number of esters is 1. The van der Waals surface area contributed by atoms with E-state index in [1.54, 1.807) is 19.1 Å². The minimum Gasteiger partial charge on any atom is -0.460 e. The van der Waals surface area contributed by atoms with E-state index in [2.05, 4.69) is 20.7 Å². The summed E-state index contributed by atoms with van der Waals surface area (Å²) in [5.41, 5.74) is 0.542. The lowest BCUT2D eigenvalue weighted by atomic mass is 10.2. The molecule has 0 bridgehead atoms. The fourth-order valence-electron chi connectivity index (χ4n) is 1.44. The maximum atomic E-state index is 11.6. The molecule has 0 unspecified atom stereocenters. The quantitative estimate of drug-likeness (QED) is 0.496. The van der Waals surface area contributed by atoms with E-state index >= 15 is 0 Å². The van der Waals surface area contributed by atoms with Crippen LogP contribution in [0.25, 0.3) is 11.0 Å². The Morgan fingerprint density at radius 2 is 2.18 bits per heavy atom. The minimum absolute atomic E-state index is 0.00894. The van der Waals surface area contributed by atoms with Crippen LogP contribution >= 0.6 is 15.9 Å². The second-order valence-corrected chi connectivity index (χ2v) is 4.17. The van der Waals surface area contributed by atoms with Crippen LogP contribution in [0, 0.1) is 0 Å². The number of ether oxygens (including phenoxy) is 1. The van der Waals surface area contributed by atoms with Crippen molar-refractivity contribution >= 4 is 38.7 Å². The fourth-order valence-corrected chi connectivity index (χ4v) is 1.90. The van der Waals surface area contributed by atoms with Crippen molar-refractivity contribution in [2.45, 2.75) is 6.92 Å². The zero-order valence-corrected chi connectivity index (χ0v) is 10.6. The summed E-state index contributed by atoms with van der Waals surface area (Å²) in [5.74, 6) is -1.68. The van der Waals surface area contributed by atoms with Crippen molar-refractivity contribution in [2.75, 3.05) is 6.61 Å². The maximum Gasteiger partial charge on any atom is 0.383 e. The molecule has 0 saturated carbocycles. The molecule has 1 aromatic heterocycles. The van der Waals surface area contributed by atoms with Gasteiger partial charge in [0.2, 0.25) is 0 Å². The van der Waals surface area contributed by atoms with Crippen molar-refractivity contribution in [1.82, 2.24) is 0 Å². The van der Waals surface area contributed by atoms with Crippen LogP contribution in [0.3, 0.4) is 0 Å². The molecule has 88 valence electrons. The molecule has 0 fully saturated rings. The first-order valence-corrected chi connectivity index (χ1v) is 5.82. The van der Waals surface area contributed by atoms with Crippen molar-refractivity contribution in [3.05, 3.63) is 34.5 Å². The maximum absolute atomic E-state index is 11.6. The van der Waals surface area contributed by atoms with Crippen molar-refractivity contribution in [3.8, 4) is 0 Å². The standard InChI is InChI=1S/C12H9BrO4/c1-2-16-12(15)10(14)9-6-7-4-3-5-8(13)11(7)17-9/h3-6H,2H2,1H3. The lowest BCUT2D eigenvalue weighted by Gasteiger charge is -1.96. The Labute approximate surface area is 106 Å². The van der Waals surface area contributed by atoms with Gasteiger partial charge in [0.15, 0.2) is 5.76 Å². The van der Waals surface area contributed by atoms with E-state index < -0.39 is 11.8 Å². The van der Waals surface area contributed by atoms with Crippen LogP contribution < -0.4 is 0 Å². The lowest BCUT2D eigenvalue weighted by molar-refractivity contribution is -0.137. The minimum atomic E-state index is -0.900. The molecular weight excluding hydrogens is 288 g/mol. The molecular formula is C12H9BrO4. The summed E-state index contributed by atoms with van der Waals surface area (Å²) in [7, 11) is 0. The number of carbonyl (C=O) groups excluding carboxylic acids is 2. The molecule has 0 N–H and O–H groups in total. The summed E-state index contributed by atoms with van der Waals surface area (Å²) in [6.07, 6.45) is 0. The zero-order chi connectivity index (χ0) is 12.4. The topological polar surface area (TPSA) is 56.5 Å². The van der Waals surface area contributed by atoms with E-state index in [0.29, 0.717) is 5.58 Å². The van der Waals surface area contributed by atoms with Gasteiger partial charge in [-0.1, -0.05) is 12.1 Å². The highest BCUT2D eigenvalue weighted by Crippen LogP contribution is 2.27. The van der Waals surface area contributed by atoms with Crippen molar-refractivity contribution in [2.24, 2.45) is 0 Å². The highest BCUT2D eigenvalue weighted by molar-refractivity contribution is 9.10. The predicted octanol–water partition coefficient (Wildman–Crippen LogP) is 2.94. The Morgan fingerprint density at radius 1 is 1.41 bits per heavy atom. The van der Waals surface area contributed by atoms with Gasteiger partial charge in [-0.2, -0.15) is 0 Å². The first-order valence-electron chi connectivity index (χ1n) is 5.03. The van der Waals surface area contributed by atoms with E-state index in [-0.39, 0.29) is 12.4 Å². The molecule has 0 saturated heterocycles. The number of halogens is 1. The number of rotatable bonds is 3. The Hall–Kier alpha value is -1.62. The zero-order valence-electron chi connectivity index (χ0n) is 9.03. The van der Waals surface area contributed by atoms with Crippen LogP contribution in [0.4, 0.5) is 0 Å². The first kappa shape index (κ1) is 11.9. The van der Waals surface area contributed by atoms with Crippen LogP contribution in [-0.4, -0.2) is 18.4 Å². The Balaban J connectivity index is 2.40. The van der Waals surface area contributed by atoms with Gasteiger partial charge in [0, 0.05) is 5.39 Å². The number of carbonyl (C=O) groups is 2. The Morgan fingerprint density at radius 3 is 2.82 bits per heavy atom. The molecule has 17 heavy (non-hydrogen) atoms. The average Bonchev–Trinajstić information content (AvgIpc) is 2.73. The largest absolute Gasteiger partial charge is 0.460 e. The van der Waals surface area contributed by atoms with E-state index in [0.717, 1.165) is 9.86 Å². The van der Waals surface area contributed by atoms with Gasteiger partial charge < -0.3 is 9.15 Å².